The number of nitrogens with zero attached hydrogens (tertiary/aromatic N) is 4. The van der Waals surface area contributed by atoms with E-state index in [1.54, 1.807) is 18.6 Å². The van der Waals surface area contributed by atoms with E-state index in [-0.39, 0.29) is 11.9 Å². The van der Waals surface area contributed by atoms with Gasteiger partial charge in [-0.1, -0.05) is 6.92 Å². The van der Waals surface area contributed by atoms with E-state index in [1.165, 1.54) is 0 Å². The molecule has 0 aliphatic carbocycles. The number of rotatable bonds is 3. The first kappa shape index (κ1) is 13.7. The third-order valence-corrected chi connectivity index (χ3v) is 3.82. The van der Waals surface area contributed by atoms with Crippen molar-refractivity contribution in [1.82, 2.24) is 24.8 Å². The highest BCUT2D eigenvalue weighted by Crippen LogP contribution is 2.31. The Labute approximate surface area is 123 Å². The van der Waals surface area contributed by atoms with Crippen LogP contribution in [0.1, 0.15) is 43.6 Å². The molecular formula is C15H19N5O. The fraction of sp³-hybridized carbons (Fsp3) is 0.467. The number of carbonyl (C=O) groups is 1. The summed E-state index contributed by atoms with van der Waals surface area (Å²) < 4.78 is 0. The second kappa shape index (κ2) is 5.63. The van der Waals surface area contributed by atoms with Gasteiger partial charge in [0.25, 0.3) is 0 Å². The van der Waals surface area contributed by atoms with Gasteiger partial charge in [-0.15, -0.1) is 0 Å². The van der Waals surface area contributed by atoms with E-state index >= 15 is 0 Å². The second-order valence-corrected chi connectivity index (χ2v) is 5.34. The predicted octanol–water partition coefficient (Wildman–Crippen LogP) is 2.25. The number of amides is 1. The maximum atomic E-state index is 12.0. The number of hydrogen-bond acceptors (Lipinski definition) is 4. The lowest BCUT2D eigenvalue weighted by Gasteiger charge is -2.23. The third-order valence-electron chi connectivity index (χ3n) is 3.82. The number of imidazole rings is 1. The summed E-state index contributed by atoms with van der Waals surface area (Å²) in [5, 5.41) is 0. The van der Waals surface area contributed by atoms with E-state index in [4.69, 9.17) is 0 Å². The SMILES string of the molecule is CCC(=O)N1CCC[C@@H]1c1cncc(-c2ncc(C)[nH]2)n1. The van der Waals surface area contributed by atoms with Gasteiger partial charge in [0.2, 0.25) is 5.91 Å². The average molecular weight is 285 g/mol. The molecule has 21 heavy (non-hydrogen) atoms. The van der Waals surface area contributed by atoms with Crippen molar-refractivity contribution in [1.29, 1.82) is 0 Å². The molecular weight excluding hydrogens is 266 g/mol. The predicted molar refractivity (Wildman–Crippen MR) is 78.3 cm³/mol. The molecule has 1 aliphatic heterocycles. The van der Waals surface area contributed by atoms with Crippen LogP contribution in [0.15, 0.2) is 18.6 Å². The molecule has 6 heteroatoms. The van der Waals surface area contributed by atoms with Gasteiger partial charge in [0.05, 0.1) is 24.1 Å². The van der Waals surface area contributed by atoms with Gasteiger partial charge < -0.3 is 9.88 Å². The Morgan fingerprint density at radius 2 is 2.29 bits per heavy atom. The molecule has 2 aromatic rings. The zero-order valence-corrected chi connectivity index (χ0v) is 12.3. The first-order valence-electron chi connectivity index (χ1n) is 7.32. The fourth-order valence-corrected chi connectivity index (χ4v) is 2.77. The van der Waals surface area contributed by atoms with Crippen molar-refractivity contribution in [2.75, 3.05) is 6.54 Å². The standard InChI is InChI=1S/C15H19N5O/c1-3-14(21)20-6-4-5-13(20)11-8-16-9-12(19-11)15-17-7-10(2)18-15/h7-9,13H,3-6H2,1-2H3,(H,17,18)/t13-/m1/s1. The molecule has 1 saturated heterocycles. The number of carbonyl (C=O) groups excluding carboxylic acids is 1. The highest BCUT2D eigenvalue weighted by molar-refractivity contribution is 5.76. The fourth-order valence-electron chi connectivity index (χ4n) is 2.77. The van der Waals surface area contributed by atoms with Gasteiger partial charge in [0.1, 0.15) is 5.69 Å². The molecule has 3 rings (SSSR count). The lowest BCUT2D eigenvalue weighted by Crippen LogP contribution is -2.30. The highest BCUT2D eigenvalue weighted by atomic mass is 16.2. The molecule has 1 fully saturated rings. The van der Waals surface area contributed by atoms with Crippen molar-refractivity contribution in [2.24, 2.45) is 0 Å². The maximum Gasteiger partial charge on any atom is 0.222 e. The molecule has 0 bridgehead atoms. The first-order chi connectivity index (χ1) is 10.2. The lowest BCUT2D eigenvalue weighted by molar-refractivity contribution is -0.131. The number of aromatic amines is 1. The van der Waals surface area contributed by atoms with Crippen LogP contribution in [0.25, 0.3) is 11.5 Å². The molecule has 1 amide bonds. The van der Waals surface area contributed by atoms with E-state index in [0.717, 1.165) is 36.5 Å². The summed E-state index contributed by atoms with van der Waals surface area (Å²) in [5.74, 6) is 0.895. The lowest BCUT2D eigenvalue weighted by atomic mass is 10.1. The van der Waals surface area contributed by atoms with Crippen molar-refractivity contribution in [3.63, 3.8) is 0 Å². The van der Waals surface area contributed by atoms with Gasteiger partial charge in [-0.2, -0.15) is 0 Å². The Morgan fingerprint density at radius 3 is 3.00 bits per heavy atom. The number of H-pyrrole nitrogens is 1. The van der Waals surface area contributed by atoms with E-state index in [0.29, 0.717) is 12.2 Å². The number of nitrogens with one attached hydrogen (secondary N) is 1. The van der Waals surface area contributed by atoms with E-state index < -0.39 is 0 Å². The molecule has 1 atom stereocenters. The molecule has 2 aromatic heterocycles. The second-order valence-electron chi connectivity index (χ2n) is 5.34. The van der Waals surface area contributed by atoms with Gasteiger partial charge in [0.15, 0.2) is 5.82 Å². The third kappa shape index (κ3) is 2.66. The summed E-state index contributed by atoms with van der Waals surface area (Å²) in [7, 11) is 0. The molecule has 1 aliphatic rings. The average Bonchev–Trinajstić information content (AvgIpc) is 3.15. The molecule has 0 saturated carbocycles. The molecule has 1 N–H and O–H groups in total. The molecule has 110 valence electrons. The summed E-state index contributed by atoms with van der Waals surface area (Å²) >= 11 is 0. The molecule has 0 aromatic carbocycles. The number of likely N-dealkylation sites (tertiary alicyclic amines) is 1. The van der Waals surface area contributed by atoms with Crippen molar-refractivity contribution in [3.8, 4) is 11.5 Å². The zero-order valence-electron chi connectivity index (χ0n) is 12.3. The van der Waals surface area contributed by atoms with Crippen LogP contribution in [-0.2, 0) is 4.79 Å². The van der Waals surface area contributed by atoms with E-state index in [9.17, 15) is 4.79 Å². The van der Waals surface area contributed by atoms with Crippen LogP contribution in [-0.4, -0.2) is 37.3 Å². The summed E-state index contributed by atoms with van der Waals surface area (Å²) in [6.07, 6.45) is 7.71. The van der Waals surface area contributed by atoms with E-state index in [2.05, 4.69) is 19.9 Å². The van der Waals surface area contributed by atoms with Crippen LogP contribution < -0.4 is 0 Å². The summed E-state index contributed by atoms with van der Waals surface area (Å²) in [6, 6.07) is 0.0426. The van der Waals surface area contributed by atoms with Gasteiger partial charge in [-0.25, -0.2) is 9.97 Å². The zero-order chi connectivity index (χ0) is 14.8. The van der Waals surface area contributed by atoms with E-state index in [1.807, 2.05) is 18.7 Å². The number of aromatic nitrogens is 4. The number of hydrogen-bond donors (Lipinski definition) is 1. The minimum absolute atomic E-state index is 0.0426. The first-order valence-corrected chi connectivity index (χ1v) is 7.32. The van der Waals surface area contributed by atoms with Gasteiger partial charge in [-0.3, -0.25) is 9.78 Å². The summed E-state index contributed by atoms with van der Waals surface area (Å²) in [6.45, 7) is 4.65. The molecule has 3 heterocycles. The van der Waals surface area contributed by atoms with Crippen molar-refractivity contribution >= 4 is 5.91 Å². The normalized spacial score (nSPS) is 18.2. The van der Waals surface area contributed by atoms with Crippen LogP contribution in [0.2, 0.25) is 0 Å². The van der Waals surface area contributed by atoms with Crippen LogP contribution in [0.4, 0.5) is 0 Å². The minimum Gasteiger partial charge on any atom is -0.341 e. The van der Waals surface area contributed by atoms with Crippen LogP contribution in [0, 0.1) is 6.92 Å². The smallest absolute Gasteiger partial charge is 0.222 e. The summed E-state index contributed by atoms with van der Waals surface area (Å²) in [5.41, 5.74) is 2.55. The Bertz CT molecular complexity index is 651. The van der Waals surface area contributed by atoms with Crippen molar-refractivity contribution in [2.45, 2.75) is 39.2 Å². The van der Waals surface area contributed by atoms with Gasteiger partial charge in [-0.05, 0) is 19.8 Å². The maximum absolute atomic E-state index is 12.0. The molecule has 6 nitrogen and oxygen atoms in total. The quantitative estimate of drug-likeness (QED) is 0.938. The molecule has 0 spiro atoms. The highest BCUT2D eigenvalue weighted by Gasteiger charge is 2.30. The van der Waals surface area contributed by atoms with Crippen molar-refractivity contribution < 1.29 is 4.79 Å². The Kier molecular flexibility index (Phi) is 3.68. The largest absolute Gasteiger partial charge is 0.341 e. The van der Waals surface area contributed by atoms with Crippen molar-refractivity contribution in [3.05, 3.63) is 30.0 Å². The van der Waals surface area contributed by atoms with Gasteiger partial charge in [0, 0.05) is 24.9 Å². The van der Waals surface area contributed by atoms with Crippen LogP contribution >= 0.6 is 0 Å². The Balaban J connectivity index is 1.90. The molecule has 0 radical (unpaired) electrons. The molecule has 0 unspecified atom stereocenters. The summed E-state index contributed by atoms with van der Waals surface area (Å²) in [4.78, 5) is 30.3. The Morgan fingerprint density at radius 1 is 1.43 bits per heavy atom. The Hall–Kier alpha value is -2.24. The van der Waals surface area contributed by atoms with Gasteiger partial charge >= 0.3 is 0 Å². The number of aryl methyl sites for hydroxylation is 1. The van der Waals surface area contributed by atoms with Crippen LogP contribution in [0.5, 0.6) is 0 Å². The monoisotopic (exact) mass is 285 g/mol. The topological polar surface area (TPSA) is 74.8 Å². The van der Waals surface area contributed by atoms with Crippen LogP contribution in [0.3, 0.4) is 0 Å². The minimum atomic E-state index is 0.0426.